The fourth-order valence-corrected chi connectivity index (χ4v) is 4.56. The molecular formula is C22H20N2O4S. The smallest absolute Gasteiger partial charge is 0.289 e. The number of piperidine rings is 1. The van der Waals surface area contributed by atoms with Crippen molar-refractivity contribution in [3.05, 3.63) is 54.3 Å². The average molecular weight is 408 g/mol. The van der Waals surface area contributed by atoms with E-state index in [0.717, 1.165) is 28.4 Å². The Morgan fingerprint density at radius 1 is 1.17 bits per heavy atom. The van der Waals surface area contributed by atoms with E-state index in [0.29, 0.717) is 35.4 Å². The normalized spacial score (nSPS) is 15.1. The molecule has 1 fully saturated rings. The van der Waals surface area contributed by atoms with Crippen molar-refractivity contribution in [2.75, 3.05) is 20.2 Å². The third-order valence-corrected chi connectivity index (χ3v) is 6.14. The topological polar surface area (TPSA) is 64.8 Å². The molecule has 3 heterocycles. The van der Waals surface area contributed by atoms with Gasteiger partial charge in [-0.3, -0.25) is 4.79 Å². The van der Waals surface area contributed by atoms with Crippen molar-refractivity contribution in [1.82, 2.24) is 9.88 Å². The largest absolute Gasteiger partial charge is 0.493 e. The van der Waals surface area contributed by atoms with E-state index < -0.39 is 0 Å². The fraction of sp³-hybridized carbons (Fsp3) is 0.273. The molecule has 0 aliphatic carbocycles. The van der Waals surface area contributed by atoms with Gasteiger partial charge < -0.3 is 18.8 Å². The maximum absolute atomic E-state index is 12.9. The zero-order valence-electron chi connectivity index (χ0n) is 16.0. The van der Waals surface area contributed by atoms with Crippen molar-refractivity contribution in [2.24, 2.45) is 0 Å². The highest BCUT2D eigenvalue weighted by atomic mass is 32.1. The van der Waals surface area contributed by atoms with Gasteiger partial charge in [-0.15, -0.1) is 0 Å². The Bertz CT molecular complexity index is 1140. The highest BCUT2D eigenvalue weighted by Crippen LogP contribution is 2.31. The molecule has 2 aromatic heterocycles. The molecule has 29 heavy (non-hydrogen) atoms. The first-order valence-electron chi connectivity index (χ1n) is 9.59. The summed E-state index contributed by atoms with van der Waals surface area (Å²) in [5, 5.41) is 1.56. The van der Waals surface area contributed by atoms with Gasteiger partial charge in [0, 0.05) is 31.3 Å². The SMILES string of the molecule is COc1cccc2cc(C(=O)N3CCC(Oc4nc5ccccc5s4)CC3)oc12. The van der Waals surface area contributed by atoms with E-state index in [-0.39, 0.29) is 12.0 Å². The van der Waals surface area contributed by atoms with Gasteiger partial charge in [-0.2, -0.15) is 0 Å². The van der Waals surface area contributed by atoms with Gasteiger partial charge >= 0.3 is 0 Å². The third kappa shape index (κ3) is 3.42. The number of ether oxygens (including phenoxy) is 2. The minimum absolute atomic E-state index is 0.0652. The van der Waals surface area contributed by atoms with Crippen molar-refractivity contribution >= 4 is 38.4 Å². The van der Waals surface area contributed by atoms with Gasteiger partial charge in [-0.05, 0) is 24.3 Å². The van der Waals surface area contributed by atoms with E-state index in [9.17, 15) is 4.79 Å². The van der Waals surface area contributed by atoms with E-state index in [1.807, 2.05) is 47.4 Å². The Morgan fingerprint density at radius 3 is 2.79 bits per heavy atom. The van der Waals surface area contributed by atoms with E-state index in [1.54, 1.807) is 24.5 Å². The first-order valence-corrected chi connectivity index (χ1v) is 10.4. The lowest BCUT2D eigenvalue weighted by atomic mass is 10.1. The van der Waals surface area contributed by atoms with Crippen molar-refractivity contribution in [2.45, 2.75) is 18.9 Å². The zero-order chi connectivity index (χ0) is 19.8. The standard InChI is InChI=1S/C22H20N2O4S/c1-26-17-7-4-5-14-13-18(28-20(14)17)21(25)24-11-9-15(10-12-24)27-22-23-16-6-2-3-8-19(16)29-22/h2-8,13,15H,9-12H2,1H3. The number of rotatable bonds is 4. The van der Waals surface area contributed by atoms with E-state index >= 15 is 0 Å². The average Bonchev–Trinajstić information content (AvgIpc) is 3.37. The number of likely N-dealkylation sites (tertiary alicyclic amines) is 1. The number of amides is 1. The van der Waals surface area contributed by atoms with E-state index in [1.165, 1.54) is 0 Å². The van der Waals surface area contributed by atoms with Gasteiger partial charge in [0.25, 0.3) is 11.1 Å². The summed E-state index contributed by atoms with van der Waals surface area (Å²) in [5.41, 5.74) is 1.56. The molecule has 6 nitrogen and oxygen atoms in total. The summed E-state index contributed by atoms with van der Waals surface area (Å²) in [6.45, 7) is 1.26. The Labute approximate surface area is 171 Å². The van der Waals surface area contributed by atoms with Crippen LogP contribution in [-0.4, -0.2) is 42.1 Å². The molecule has 1 saturated heterocycles. The molecule has 1 aliphatic heterocycles. The highest BCUT2D eigenvalue weighted by molar-refractivity contribution is 7.20. The molecule has 0 spiro atoms. The van der Waals surface area contributed by atoms with Crippen LogP contribution in [0.5, 0.6) is 10.9 Å². The molecule has 148 valence electrons. The molecule has 0 radical (unpaired) electrons. The maximum atomic E-state index is 12.9. The number of hydrogen-bond donors (Lipinski definition) is 0. The van der Waals surface area contributed by atoms with Gasteiger partial charge in [0.15, 0.2) is 17.1 Å². The van der Waals surface area contributed by atoms with Gasteiger partial charge in [0.05, 0.1) is 17.3 Å². The quantitative estimate of drug-likeness (QED) is 0.488. The van der Waals surface area contributed by atoms with Gasteiger partial charge in [0.1, 0.15) is 6.10 Å². The Balaban J connectivity index is 1.25. The molecule has 0 atom stereocenters. The van der Waals surface area contributed by atoms with Gasteiger partial charge in [-0.25, -0.2) is 4.98 Å². The number of methoxy groups -OCH3 is 1. The number of carbonyl (C=O) groups is 1. The molecule has 1 aliphatic rings. The van der Waals surface area contributed by atoms with Crippen LogP contribution < -0.4 is 9.47 Å². The van der Waals surface area contributed by atoms with Crippen LogP contribution in [0.4, 0.5) is 0 Å². The van der Waals surface area contributed by atoms with Crippen LogP contribution in [0.2, 0.25) is 0 Å². The number of aromatic nitrogens is 1. The Hall–Kier alpha value is -3.06. The van der Waals surface area contributed by atoms with Gasteiger partial charge in [-0.1, -0.05) is 35.6 Å². The lowest BCUT2D eigenvalue weighted by Crippen LogP contribution is -2.41. The molecule has 0 N–H and O–H groups in total. The molecule has 0 saturated carbocycles. The van der Waals surface area contributed by atoms with Crippen LogP contribution in [-0.2, 0) is 0 Å². The second-order valence-corrected chi connectivity index (χ2v) is 8.04. The number of benzene rings is 2. The molecule has 0 bridgehead atoms. The number of para-hydroxylation sites is 2. The molecule has 7 heteroatoms. The third-order valence-electron chi connectivity index (χ3n) is 5.21. The minimum Gasteiger partial charge on any atom is -0.493 e. The maximum Gasteiger partial charge on any atom is 0.289 e. The molecule has 5 rings (SSSR count). The summed E-state index contributed by atoms with van der Waals surface area (Å²) >= 11 is 1.56. The Kier molecular flexibility index (Phi) is 4.60. The van der Waals surface area contributed by atoms with Crippen molar-refractivity contribution < 1.29 is 18.7 Å². The molecular weight excluding hydrogens is 388 g/mol. The van der Waals surface area contributed by atoms with Crippen LogP contribution in [0.15, 0.2) is 52.9 Å². The predicted molar refractivity (Wildman–Crippen MR) is 112 cm³/mol. The van der Waals surface area contributed by atoms with Crippen LogP contribution in [0.1, 0.15) is 23.4 Å². The van der Waals surface area contributed by atoms with Crippen LogP contribution in [0, 0.1) is 0 Å². The number of thiazole rings is 1. The lowest BCUT2D eigenvalue weighted by Gasteiger charge is -2.31. The molecule has 1 amide bonds. The lowest BCUT2D eigenvalue weighted by molar-refractivity contribution is 0.0569. The number of furan rings is 1. The van der Waals surface area contributed by atoms with Crippen molar-refractivity contribution in [3.8, 4) is 10.9 Å². The summed E-state index contributed by atoms with van der Waals surface area (Å²) in [6.07, 6.45) is 1.60. The molecule has 4 aromatic rings. The first-order chi connectivity index (χ1) is 14.2. The second-order valence-electron chi connectivity index (χ2n) is 7.05. The van der Waals surface area contributed by atoms with Crippen LogP contribution >= 0.6 is 11.3 Å². The second kappa shape index (κ2) is 7.40. The fourth-order valence-electron chi connectivity index (χ4n) is 3.68. The monoisotopic (exact) mass is 408 g/mol. The molecule has 0 unspecified atom stereocenters. The summed E-state index contributed by atoms with van der Waals surface area (Å²) in [6, 6.07) is 15.4. The van der Waals surface area contributed by atoms with E-state index in [2.05, 4.69) is 4.98 Å². The van der Waals surface area contributed by atoms with Gasteiger partial charge in [0.2, 0.25) is 0 Å². The minimum atomic E-state index is -0.0957. The summed E-state index contributed by atoms with van der Waals surface area (Å²) < 4.78 is 18.3. The van der Waals surface area contributed by atoms with E-state index in [4.69, 9.17) is 13.9 Å². The highest BCUT2D eigenvalue weighted by Gasteiger charge is 2.27. The summed E-state index contributed by atoms with van der Waals surface area (Å²) in [5.74, 6) is 0.876. The van der Waals surface area contributed by atoms with Crippen LogP contribution in [0.25, 0.3) is 21.2 Å². The number of carbonyl (C=O) groups excluding carboxylic acids is 1. The summed E-state index contributed by atoms with van der Waals surface area (Å²) in [7, 11) is 1.59. The Morgan fingerprint density at radius 2 is 2.00 bits per heavy atom. The first kappa shape index (κ1) is 18.0. The molecule has 2 aromatic carbocycles. The number of hydrogen-bond acceptors (Lipinski definition) is 6. The number of nitrogens with zero attached hydrogens (tertiary/aromatic N) is 2. The predicted octanol–water partition coefficient (Wildman–Crippen LogP) is 4.73. The van der Waals surface area contributed by atoms with Crippen molar-refractivity contribution in [1.29, 1.82) is 0 Å². The van der Waals surface area contributed by atoms with Crippen LogP contribution in [0.3, 0.4) is 0 Å². The zero-order valence-corrected chi connectivity index (χ0v) is 16.8. The summed E-state index contributed by atoms with van der Waals surface area (Å²) in [4.78, 5) is 19.3. The van der Waals surface area contributed by atoms with Crippen molar-refractivity contribution in [3.63, 3.8) is 0 Å². The number of fused-ring (bicyclic) bond motifs is 2.